The summed E-state index contributed by atoms with van der Waals surface area (Å²) in [5, 5.41) is 9.23. The summed E-state index contributed by atoms with van der Waals surface area (Å²) in [5.74, 6) is 0. The Morgan fingerprint density at radius 2 is 1.38 bits per heavy atom. The molecule has 106 valence electrons. The van der Waals surface area contributed by atoms with E-state index >= 15 is 0 Å². The molecule has 0 N–H and O–H groups in total. The highest BCUT2D eigenvalue weighted by atomic mass is 28.3. The van der Waals surface area contributed by atoms with Crippen LogP contribution in [0.1, 0.15) is 0 Å². The van der Waals surface area contributed by atoms with E-state index in [2.05, 4.69) is 76.4 Å². The Labute approximate surface area is 126 Å². The van der Waals surface area contributed by atoms with Gasteiger partial charge in [0.15, 0.2) is 0 Å². The molecule has 3 aromatic rings. The van der Waals surface area contributed by atoms with Gasteiger partial charge < -0.3 is 4.57 Å². The van der Waals surface area contributed by atoms with Gasteiger partial charge in [0.25, 0.3) is 0 Å². The summed E-state index contributed by atoms with van der Waals surface area (Å²) in [6.45, 7) is 4.76. The Bertz CT molecular complexity index is 689. The van der Waals surface area contributed by atoms with Crippen LogP contribution in [0.3, 0.4) is 0 Å². The summed E-state index contributed by atoms with van der Waals surface area (Å²) >= 11 is 0. The van der Waals surface area contributed by atoms with Crippen molar-refractivity contribution in [3.63, 3.8) is 0 Å². The maximum atomic E-state index is 3.89. The molecular formula is C17H19N3Si. The second-order valence-corrected chi connectivity index (χ2v) is 10.6. The SMILES string of the molecule is C[Si](C)(Cn1cnnc1)c1ccc(-c2ccccc2)cc1. The molecule has 0 atom stereocenters. The molecule has 0 aliphatic rings. The predicted octanol–water partition coefficient (Wildman–Crippen LogP) is 3.10. The Hall–Kier alpha value is -2.20. The highest BCUT2D eigenvalue weighted by Crippen LogP contribution is 2.18. The van der Waals surface area contributed by atoms with Crippen LogP contribution in [0.5, 0.6) is 0 Å². The molecule has 0 unspecified atom stereocenters. The smallest absolute Gasteiger partial charge is 0.119 e. The van der Waals surface area contributed by atoms with Gasteiger partial charge in [0, 0.05) is 6.17 Å². The first-order chi connectivity index (χ1) is 10.1. The van der Waals surface area contributed by atoms with Crippen molar-refractivity contribution in [3.8, 4) is 11.1 Å². The lowest BCUT2D eigenvalue weighted by atomic mass is 10.1. The second kappa shape index (κ2) is 5.66. The largest absolute Gasteiger partial charge is 0.323 e. The van der Waals surface area contributed by atoms with Crippen molar-refractivity contribution in [1.82, 2.24) is 14.8 Å². The van der Waals surface area contributed by atoms with Gasteiger partial charge in [-0.05, 0) is 11.1 Å². The molecular weight excluding hydrogens is 274 g/mol. The molecule has 0 saturated carbocycles. The van der Waals surface area contributed by atoms with Crippen molar-refractivity contribution >= 4 is 13.3 Å². The lowest BCUT2D eigenvalue weighted by Gasteiger charge is -2.23. The van der Waals surface area contributed by atoms with Crippen molar-refractivity contribution in [2.75, 3.05) is 0 Å². The van der Waals surface area contributed by atoms with E-state index in [0.29, 0.717) is 0 Å². The molecule has 0 saturated heterocycles. The van der Waals surface area contributed by atoms with E-state index in [4.69, 9.17) is 0 Å². The number of rotatable bonds is 4. The normalized spacial score (nSPS) is 11.5. The lowest BCUT2D eigenvalue weighted by molar-refractivity contribution is 0.852. The molecule has 4 heteroatoms. The number of hydrogen-bond donors (Lipinski definition) is 0. The molecule has 0 spiro atoms. The van der Waals surface area contributed by atoms with Crippen LogP contribution in [0, 0.1) is 0 Å². The van der Waals surface area contributed by atoms with Gasteiger partial charge in [0.05, 0.1) is 0 Å². The molecule has 1 heterocycles. The van der Waals surface area contributed by atoms with Crippen LogP contribution < -0.4 is 5.19 Å². The third kappa shape index (κ3) is 3.11. The van der Waals surface area contributed by atoms with E-state index in [0.717, 1.165) is 6.17 Å². The third-order valence-electron chi connectivity index (χ3n) is 3.82. The monoisotopic (exact) mass is 293 g/mol. The van der Waals surface area contributed by atoms with E-state index in [-0.39, 0.29) is 0 Å². The average Bonchev–Trinajstić information content (AvgIpc) is 3.00. The topological polar surface area (TPSA) is 30.7 Å². The first-order valence-electron chi connectivity index (χ1n) is 7.13. The molecule has 2 aromatic carbocycles. The lowest BCUT2D eigenvalue weighted by Crippen LogP contribution is -2.45. The quantitative estimate of drug-likeness (QED) is 0.692. The van der Waals surface area contributed by atoms with Crippen LogP contribution in [-0.4, -0.2) is 22.8 Å². The van der Waals surface area contributed by atoms with Gasteiger partial charge in [-0.1, -0.05) is 72.9 Å². The van der Waals surface area contributed by atoms with Crippen LogP contribution in [0.2, 0.25) is 13.1 Å². The summed E-state index contributed by atoms with van der Waals surface area (Å²) in [4.78, 5) is 0. The van der Waals surface area contributed by atoms with E-state index < -0.39 is 8.07 Å². The first-order valence-corrected chi connectivity index (χ1v) is 10.3. The minimum absolute atomic E-state index is 1.00. The van der Waals surface area contributed by atoms with Gasteiger partial charge in [-0.3, -0.25) is 0 Å². The molecule has 0 aliphatic carbocycles. The molecule has 21 heavy (non-hydrogen) atoms. The van der Waals surface area contributed by atoms with Crippen molar-refractivity contribution in [2.45, 2.75) is 19.3 Å². The number of benzene rings is 2. The molecule has 1 aromatic heterocycles. The van der Waals surface area contributed by atoms with Crippen LogP contribution in [0.25, 0.3) is 11.1 Å². The van der Waals surface area contributed by atoms with Gasteiger partial charge in [0.2, 0.25) is 0 Å². The fourth-order valence-electron chi connectivity index (χ4n) is 2.60. The van der Waals surface area contributed by atoms with E-state index in [1.807, 2.05) is 6.07 Å². The van der Waals surface area contributed by atoms with Crippen molar-refractivity contribution in [1.29, 1.82) is 0 Å². The molecule has 0 aliphatic heterocycles. The molecule has 3 nitrogen and oxygen atoms in total. The van der Waals surface area contributed by atoms with Crippen molar-refractivity contribution in [3.05, 3.63) is 67.3 Å². The molecule has 0 fully saturated rings. The Morgan fingerprint density at radius 1 is 0.810 bits per heavy atom. The molecule has 0 amide bonds. The van der Waals surface area contributed by atoms with E-state index in [1.54, 1.807) is 12.7 Å². The number of hydrogen-bond acceptors (Lipinski definition) is 2. The van der Waals surface area contributed by atoms with E-state index in [9.17, 15) is 0 Å². The van der Waals surface area contributed by atoms with Gasteiger partial charge in [-0.15, -0.1) is 10.2 Å². The Balaban J connectivity index is 1.83. The van der Waals surface area contributed by atoms with Gasteiger partial charge in [0.1, 0.15) is 20.7 Å². The van der Waals surface area contributed by atoms with Crippen LogP contribution in [0.4, 0.5) is 0 Å². The van der Waals surface area contributed by atoms with Crippen LogP contribution in [0.15, 0.2) is 67.3 Å². The summed E-state index contributed by atoms with van der Waals surface area (Å²) < 4.78 is 2.08. The Kier molecular flexibility index (Phi) is 3.71. The number of nitrogens with zero attached hydrogens (tertiary/aromatic N) is 3. The maximum Gasteiger partial charge on any atom is 0.119 e. The van der Waals surface area contributed by atoms with E-state index in [1.165, 1.54) is 16.3 Å². The zero-order valence-corrected chi connectivity index (χ0v) is 13.4. The van der Waals surface area contributed by atoms with Gasteiger partial charge >= 0.3 is 0 Å². The zero-order valence-electron chi connectivity index (χ0n) is 12.4. The molecule has 3 rings (SSSR count). The fraction of sp³-hybridized carbons (Fsp3) is 0.176. The molecule has 0 radical (unpaired) electrons. The highest BCUT2D eigenvalue weighted by Gasteiger charge is 2.24. The minimum atomic E-state index is -1.52. The zero-order chi connectivity index (χ0) is 14.7. The fourth-order valence-corrected chi connectivity index (χ4v) is 4.92. The first kappa shape index (κ1) is 13.8. The van der Waals surface area contributed by atoms with Gasteiger partial charge in [-0.25, -0.2) is 0 Å². The summed E-state index contributed by atoms with van der Waals surface area (Å²) in [6.07, 6.45) is 4.60. The van der Waals surface area contributed by atoms with Crippen molar-refractivity contribution in [2.24, 2.45) is 0 Å². The summed E-state index contributed by atoms with van der Waals surface area (Å²) in [7, 11) is -1.52. The predicted molar refractivity (Wildman–Crippen MR) is 89.0 cm³/mol. The van der Waals surface area contributed by atoms with Crippen LogP contribution >= 0.6 is 0 Å². The minimum Gasteiger partial charge on any atom is -0.323 e. The summed E-state index contributed by atoms with van der Waals surface area (Å²) in [5.41, 5.74) is 2.54. The second-order valence-electron chi connectivity index (χ2n) is 5.96. The molecule has 0 bridgehead atoms. The van der Waals surface area contributed by atoms with Crippen molar-refractivity contribution < 1.29 is 0 Å². The van der Waals surface area contributed by atoms with Crippen LogP contribution in [-0.2, 0) is 6.17 Å². The van der Waals surface area contributed by atoms with Gasteiger partial charge in [-0.2, -0.15) is 0 Å². The average molecular weight is 293 g/mol. The number of aromatic nitrogens is 3. The highest BCUT2D eigenvalue weighted by molar-refractivity contribution is 6.88. The summed E-state index contributed by atoms with van der Waals surface area (Å²) in [6, 6.07) is 19.5. The standard InChI is InChI=1S/C17H19N3Si/c1-21(2,14-20-12-18-19-13-20)17-10-8-16(9-11-17)15-6-4-3-5-7-15/h3-13H,14H2,1-2H3. The maximum absolute atomic E-state index is 3.89. The Morgan fingerprint density at radius 3 is 2.00 bits per heavy atom. The third-order valence-corrected chi connectivity index (χ3v) is 6.87.